The van der Waals surface area contributed by atoms with Crippen LogP contribution in [0.1, 0.15) is 63.9 Å². The summed E-state index contributed by atoms with van der Waals surface area (Å²) in [6.07, 6.45) is 3.55. The van der Waals surface area contributed by atoms with Gasteiger partial charge in [0.1, 0.15) is 0 Å². The van der Waals surface area contributed by atoms with E-state index in [4.69, 9.17) is 0 Å². The van der Waals surface area contributed by atoms with E-state index in [1.165, 1.54) is 6.42 Å². The smallest absolute Gasteiger partial charge is 0.259 e. The van der Waals surface area contributed by atoms with Crippen molar-refractivity contribution < 1.29 is 9.59 Å². The molecule has 0 saturated carbocycles. The Morgan fingerprint density at radius 3 is 1.91 bits per heavy atom. The summed E-state index contributed by atoms with van der Waals surface area (Å²) >= 11 is 0. The van der Waals surface area contributed by atoms with Gasteiger partial charge in [0.25, 0.3) is 5.91 Å². The Balaban J connectivity index is 0.000000705. The molecule has 4 rings (SSSR count). The van der Waals surface area contributed by atoms with Crippen molar-refractivity contribution >= 4 is 17.4 Å². The van der Waals surface area contributed by atoms with Crippen molar-refractivity contribution in [1.29, 1.82) is 0 Å². The molecule has 174 valence electrons. The number of para-hydroxylation sites is 1. The molecule has 0 unspecified atom stereocenters. The van der Waals surface area contributed by atoms with Crippen LogP contribution in [0.25, 0.3) is 11.1 Å². The van der Waals surface area contributed by atoms with E-state index in [1.807, 2.05) is 100 Å². The molecule has 0 aliphatic heterocycles. The largest absolute Gasteiger partial charge is 0.321 e. The second-order valence-corrected chi connectivity index (χ2v) is 6.88. The maximum Gasteiger partial charge on any atom is 0.259 e. The average molecular weight is 444 g/mol. The summed E-state index contributed by atoms with van der Waals surface area (Å²) in [6, 6.07) is 24.9. The van der Waals surface area contributed by atoms with Gasteiger partial charge >= 0.3 is 0 Å². The number of Topliss-reactive ketones (excluding diaryl/α,β-unsaturated/α-hetero) is 1. The van der Waals surface area contributed by atoms with Gasteiger partial charge in [0.15, 0.2) is 5.78 Å². The van der Waals surface area contributed by atoms with Gasteiger partial charge in [-0.2, -0.15) is 0 Å². The fourth-order valence-corrected chi connectivity index (χ4v) is 3.22. The molecule has 0 spiro atoms. The standard InChI is InChI=1S/C23H17NO2.C3H8.2C2H6/c25-22-19-12-5-4-10-17(19)14-15-20(22)23(26)24-21-13-7-6-11-18(21)16-8-2-1-3-9-16;1-3-2;2*1-2/h1-13,15H,14H2,(H,24,26);3H2,1-2H3;2*1-2H3. The van der Waals surface area contributed by atoms with Crippen LogP contribution in [0.2, 0.25) is 0 Å². The number of allylic oxidation sites excluding steroid dienone is 1. The monoisotopic (exact) mass is 443 g/mol. The summed E-state index contributed by atoms with van der Waals surface area (Å²) in [5.41, 5.74) is 4.39. The van der Waals surface area contributed by atoms with Crippen LogP contribution in [-0.2, 0) is 11.2 Å². The number of fused-ring (bicyclic) bond motifs is 1. The second-order valence-electron chi connectivity index (χ2n) is 6.88. The van der Waals surface area contributed by atoms with Crippen LogP contribution < -0.4 is 5.32 Å². The van der Waals surface area contributed by atoms with Gasteiger partial charge in [0, 0.05) is 16.8 Å². The Kier molecular flexibility index (Phi) is 12.8. The normalized spacial score (nSPS) is 11.1. The number of hydrogen-bond acceptors (Lipinski definition) is 2. The molecule has 0 radical (unpaired) electrons. The van der Waals surface area contributed by atoms with Crippen molar-refractivity contribution in [3.63, 3.8) is 0 Å². The van der Waals surface area contributed by atoms with Crippen LogP contribution >= 0.6 is 0 Å². The first kappa shape index (κ1) is 27.6. The van der Waals surface area contributed by atoms with Crippen molar-refractivity contribution in [2.24, 2.45) is 0 Å². The van der Waals surface area contributed by atoms with Gasteiger partial charge in [-0.15, -0.1) is 0 Å². The molecule has 0 heterocycles. The fraction of sp³-hybridized carbons (Fsp3) is 0.267. The number of rotatable bonds is 3. The molecule has 3 nitrogen and oxygen atoms in total. The van der Waals surface area contributed by atoms with Crippen LogP contribution in [0.4, 0.5) is 5.69 Å². The molecule has 1 N–H and O–H groups in total. The Hall–Kier alpha value is -3.46. The highest BCUT2D eigenvalue weighted by molar-refractivity contribution is 6.30. The maximum absolute atomic E-state index is 12.8. The van der Waals surface area contributed by atoms with E-state index in [2.05, 4.69) is 19.2 Å². The summed E-state index contributed by atoms with van der Waals surface area (Å²) in [5, 5.41) is 2.91. The molecule has 0 aromatic heterocycles. The number of anilines is 1. The molecule has 1 aliphatic carbocycles. The maximum atomic E-state index is 12.8. The van der Waals surface area contributed by atoms with E-state index in [9.17, 15) is 9.59 Å². The minimum Gasteiger partial charge on any atom is -0.321 e. The molecule has 0 atom stereocenters. The van der Waals surface area contributed by atoms with E-state index in [0.717, 1.165) is 16.7 Å². The SMILES string of the molecule is CC.CC.CCC.O=C(Nc1ccccc1-c1ccccc1)C1=CCc2ccccc2C1=O. The Bertz CT molecular complexity index is 1040. The minimum atomic E-state index is -0.368. The van der Waals surface area contributed by atoms with Crippen LogP contribution in [-0.4, -0.2) is 11.7 Å². The molecule has 1 amide bonds. The molecule has 3 heteroatoms. The highest BCUT2D eigenvalue weighted by atomic mass is 16.2. The zero-order chi connectivity index (χ0) is 24.6. The second kappa shape index (κ2) is 15.4. The summed E-state index contributed by atoms with van der Waals surface area (Å²) in [7, 11) is 0. The fourth-order valence-electron chi connectivity index (χ4n) is 3.22. The van der Waals surface area contributed by atoms with Crippen molar-refractivity contribution in [1.82, 2.24) is 0 Å². The van der Waals surface area contributed by atoms with Crippen molar-refractivity contribution in [3.8, 4) is 11.1 Å². The highest BCUT2D eigenvalue weighted by Crippen LogP contribution is 2.29. The van der Waals surface area contributed by atoms with Crippen LogP contribution in [0.5, 0.6) is 0 Å². The van der Waals surface area contributed by atoms with Gasteiger partial charge in [0.2, 0.25) is 0 Å². The number of amides is 1. The topological polar surface area (TPSA) is 46.2 Å². The molecule has 33 heavy (non-hydrogen) atoms. The lowest BCUT2D eigenvalue weighted by Gasteiger charge is -2.17. The summed E-state index contributed by atoms with van der Waals surface area (Å²) in [5.74, 6) is -0.588. The number of carbonyl (C=O) groups is 2. The molecule has 0 saturated heterocycles. The number of benzene rings is 3. The van der Waals surface area contributed by atoms with Crippen LogP contribution in [0.3, 0.4) is 0 Å². The third kappa shape index (κ3) is 7.57. The first-order valence-corrected chi connectivity index (χ1v) is 11.9. The molecular weight excluding hydrogens is 406 g/mol. The lowest BCUT2D eigenvalue weighted by Crippen LogP contribution is -2.24. The molecule has 3 aromatic carbocycles. The van der Waals surface area contributed by atoms with Crippen LogP contribution in [0.15, 0.2) is 90.5 Å². The quantitative estimate of drug-likeness (QED) is 0.415. The van der Waals surface area contributed by atoms with Crippen LogP contribution in [0, 0.1) is 0 Å². The van der Waals surface area contributed by atoms with E-state index in [0.29, 0.717) is 17.7 Å². The summed E-state index contributed by atoms with van der Waals surface area (Å²) in [6.45, 7) is 12.2. The van der Waals surface area contributed by atoms with Gasteiger partial charge < -0.3 is 5.32 Å². The Labute approximate surface area is 199 Å². The van der Waals surface area contributed by atoms with E-state index < -0.39 is 0 Å². The third-order valence-corrected chi connectivity index (χ3v) is 4.54. The first-order chi connectivity index (χ1) is 16.2. The van der Waals surface area contributed by atoms with Gasteiger partial charge in [0.05, 0.1) is 5.57 Å². The molecule has 0 fully saturated rings. The van der Waals surface area contributed by atoms with Gasteiger partial charge in [-0.25, -0.2) is 0 Å². The van der Waals surface area contributed by atoms with Gasteiger partial charge in [-0.05, 0) is 23.6 Å². The van der Waals surface area contributed by atoms with E-state index in [1.54, 1.807) is 12.1 Å². The molecular formula is C30H37NO2. The number of ketones is 1. The first-order valence-electron chi connectivity index (χ1n) is 11.9. The molecule has 1 aliphatic rings. The molecule has 0 bridgehead atoms. The lowest BCUT2D eigenvalue weighted by atomic mass is 9.90. The third-order valence-electron chi connectivity index (χ3n) is 4.54. The lowest BCUT2D eigenvalue weighted by molar-refractivity contribution is -0.112. The molecule has 3 aromatic rings. The Morgan fingerprint density at radius 1 is 0.758 bits per heavy atom. The average Bonchev–Trinajstić information content (AvgIpc) is 2.88. The van der Waals surface area contributed by atoms with Crippen molar-refractivity contribution in [2.75, 3.05) is 5.32 Å². The van der Waals surface area contributed by atoms with Crippen molar-refractivity contribution in [3.05, 3.63) is 102 Å². The summed E-state index contributed by atoms with van der Waals surface area (Å²) < 4.78 is 0. The van der Waals surface area contributed by atoms with E-state index >= 15 is 0 Å². The number of carbonyl (C=O) groups excluding carboxylic acids is 2. The summed E-state index contributed by atoms with van der Waals surface area (Å²) in [4.78, 5) is 25.4. The zero-order valence-electron chi connectivity index (χ0n) is 20.8. The highest BCUT2D eigenvalue weighted by Gasteiger charge is 2.25. The number of nitrogens with one attached hydrogen (secondary N) is 1. The zero-order valence-corrected chi connectivity index (χ0v) is 20.8. The minimum absolute atomic E-state index is 0.201. The Morgan fingerprint density at radius 2 is 1.27 bits per heavy atom. The van der Waals surface area contributed by atoms with Crippen molar-refractivity contribution in [2.45, 2.75) is 54.4 Å². The number of hydrogen-bond donors (Lipinski definition) is 1. The predicted octanol–water partition coefficient (Wildman–Crippen LogP) is 8.13. The van der Waals surface area contributed by atoms with E-state index in [-0.39, 0.29) is 17.3 Å². The predicted molar refractivity (Wildman–Crippen MR) is 142 cm³/mol. The van der Waals surface area contributed by atoms with Gasteiger partial charge in [-0.1, -0.05) is 127 Å². The van der Waals surface area contributed by atoms with Gasteiger partial charge in [-0.3, -0.25) is 9.59 Å².